The van der Waals surface area contributed by atoms with Crippen molar-refractivity contribution in [3.05, 3.63) is 53.9 Å². The minimum absolute atomic E-state index is 0.0886. The predicted molar refractivity (Wildman–Crippen MR) is 91.2 cm³/mol. The SMILES string of the molecule is NC(=O)[C@H](c1ccccc1)N1CCC(c2ccnn2CCO)CC1. The largest absolute Gasteiger partial charge is 0.394 e. The molecule has 2 aromatic rings. The third kappa shape index (κ3) is 3.49. The highest BCUT2D eigenvalue weighted by Crippen LogP contribution is 2.32. The fraction of sp³-hybridized carbons (Fsp3) is 0.444. The summed E-state index contributed by atoms with van der Waals surface area (Å²) in [5, 5.41) is 13.4. The number of hydrogen-bond acceptors (Lipinski definition) is 4. The lowest BCUT2D eigenvalue weighted by atomic mass is 9.91. The Kier molecular flexibility index (Phi) is 5.27. The van der Waals surface area contributed by atoms with E-state index >= 15 is 0 Å². The zero-order chi connectivity index (χ0) is 16.9. The summed E-state index contributed by atoms with van der Waals surface area (Å²) in [7, 11) is 0. The van der Waals surface area contributed by atoms with Gasteiger partial charge >= 0.3 is 0 Å². The summed E-state index contributed by atoms with van der Waals surface area (Å²) < 4.78 is 1.88. The van der Waals surface area contributed by atoms with E-state index < -0.39 is 0 Å². The second-order valence-electron chi connectivity index (χ2n) is 6.23. The lowest BCUT2D eigenvalue weighted by Crippen LogP contribution is -2.42. The van der Waals surface area contributed by atoms with Gasteiger partial charge in [0, 0.05) is 17.8 Å². The second kappa shape index (κ2) is 7.59. The van der Waals surface area contributed by atoms with E-state index in [-0.39, 0.29) is 18.6 Å². The fourth-order valence-electron chi connectivity index (χ4n) is 3.62. The van der Waals surface area contributed by atoms with Gasteiger partial charge in [-0.2, -0.15) is 5.10 Å². The minimum atomic E-state index is -0.366. The van der Waals surface area contributed by atoms with Crippen LogP contribution in [0.15, 0.2) is 42.6 Å². The number of amides is 1. The predicted octanol–water partition coefficient (Wildman–Crippen LogP) is 1.28. The quantitative estimate of drug-likeness (QED) is 0.837. The molecule has 1 atom stereocenters. The van der Waals surface area contributed by atoms with Crippen LogP contribution < -0.4 is 5.73 Å². The van der Waals surface area contributed by atoms with Crippen molar-refractivity contribution < 1.29 is 9.90 Å². The van der Waals surface area contributed by atoms with Crippen molar-refractivity contribution in [3.8, 4) is 0 Å². The molecule has 1 aromatic carbocycles. The molecule has 128 valence electrons. The van der Waals surface area contributed by atoms with Crippen LogP contribution in [0.1, 0.15) is 36.1 Å². The van der Waals surface area contributed by atoms with E-state index in [1.807, 2.05) is 41.1 Å². The first-order chi connectivity index (χ1) is 11.7. The van der Waals surface area contributed by atoms with Crippen LogP contribution in [-0.2, 0) is 11.3 Å². The van der Waals surface area contributed by atoms with E-state index in [2.05, 4.69) is 10.00 Å². The Labute approximate surface area is 141 Å². The topological polar surface area (TPSA) is 84.4 Å². The van der Waals surface area contributed by atoms with Gasteiger partial charge in [-0.1, -0.05) is 30.3 Å². The molecule has 1 aliphatic rings. The number of carbonyl (C=O) groups excluding carboxylic acids is 1. The maximum Gasteiger partial charge on any atom is 0.239 e. The van der Waals surface area contributed by atoms with Crippen molar-refractivity contribution >= 4 is 5.91 Å². The maximum atomic E-state index is 12.0. The van der Waals surface area contributed by atoms with Crippen molar-refractivity contribution in [2.45, 2.75) is 31.3 Å². The minimum Gasteiger partial charge on any atom is -0.394 e. The molecule has 0 bridgehead atoms. The Bertz CT molecular complexity index is 663. The first-order valence-electron chi connectivity index (χ1n) is 8.41. The average molecular weight is 328 g/mol. The summed E-state index contributed by atoms with van der Waals surface area (Å²) in [6, 6.07) is 11.4. The van der Waals surface area contributed by atoms with Gasteiger partial charge in [-0.25, -0.2) is 0 Å². The summed E-state index contributed by atoms with van der Waals surface area (Å²) in [4.78, 5) is 14.2. The van der Waals surface area contributed by atoms with E-state index in [9.17, 15) is 4.79 Å². The third-order valence-corrected chi connectivity index (χ3v) is 4.76. The molecule has 2 heterocycles. The van der Waals surface area contributed by atoms with Gasteiger partial charge < -0.3 is 10.8 Å². The molecule has 1 fully saturated rings. The van der Waals surface area contributed by atoms with E-state index in [4.69, 9.17) is 10.8 Å². The average Bonchev–Trinajstić information content (AvgIpc) is 3.05. The van der Waals surface area contributed by atoms with Crippen molar-refractivity contribution in [2.75, 3.05) is 19.7 Å². The summed E-state index contributed by atoms with van der Waals surface area (Å²) in [6.45, 7) is 2.25. The molecule has 0 spiro atoms. The highest BCUT2D eigenvalue weighted by Gasteiger charge is 2.31. The summed E-state index contributed by atoms with van der Waals surface area (Å²) in [5.74, 6) is 0.101. The third-order valence-electron chi connectivity index (χ3n) is 4.76. The van der Waals surface area contributed by atoms with Crippen LogP contribution in [0.2, 0.25) is 0 Å². The van der Waals surface area contributed by atoms with Gasteiger partial charge in [0.25, 0.3) is 0 Å². The van der Waals surface area contributed by atoms with Crippen LogP contribution >= 0.6 is 0 Å². The molecule has 1 aromatic heterocycles. The van der Waals surface area contributed by atoms with Crippen LogP contribution in [0.3, 0.4) is 0 Å². The van der Waals surface area contributed by atoms with E-state index in [1.165, 1.54) is 5.69 Å². The van der Waals surface area contributed by atoms with Gasteiger partial charge in [-0.3, -0.25) is 14.4 Å². The number of carbonyl (C=O) groups is 1. The van der Waals surface area contributed by atoms with Gasteiger partial charge in [-0.05, 0) is 37.6 Å². The lowest BCUT2D eigenvalue weighted by Gasteiger charge is -2.36. The monoisotopic (exact) mass is 328 g/mol. The zero-order valence-electron chi connectivity index (χ0n) is 13.7. The van der Waals surface area contributed by atoms with Gasteiger partial charge in [0.05, 0.1) is 13.2 Å². The van der Waals surface area contributed by atoms with Crippen LogP contribution in [-0.4, -0.2) is 45.4 Å². The van der Waals surface area contributed by atoms with Crippen molar-refractivity contribution in [1.82, 2.24) is 14.7 Å². The van der Waals surface area contributed by atoms with Crippen LogP contribution in [0, 0.1) is 0 Å². The van der Waals surface area contributed by atoms with Crippen molar-refractivity contribution in [3.63, 3.8) is 0 Å². The number of likely N-dealkylation sites (tertiary alicyclic amines) is 1. The van der Waals surface area contributed by atoms with Gasteiger partial charge in [0.2, 0.25) is 5.91 Å². The lowest BCUT2D eigenvalue weighted by molar-refractivity contribution is -0.124. The first kappa shape index (κ1) is 16.7. The molecule has 0 radical (unpaired) electrons. The number of aliphatic hydroxyl groups excluding tert-OH is 1. The second-order valence-corrected chi connectivity index (χ2v) is 6.23. The number of aromatic nitrogens is 2. The summed E-state index contributed by atoms with van der Waals surface area (Å²) in [5.41, 5.74) is 7.79. The standard InChI is InChI=1S/C18H24N4O2/c19-18(24)17(15-4-2-1-3-5-15)21-10-7-14(8-11-21)16-6-9-20-22(16)12-13-23/h1-6,9,14,17,23H,7-8,10-13H2,(H2,19,24)/t17-/m0/s1. The van der Waals surface area contributed by atoms with Gasteiger partial charge in [-0.15, -0.1) is 0 Å². The molecule has 0 saturated carbocycles. The molecule has 6 heteroatoms. The number of nitrogens with two attached hydrogens (primary N) is 1. The molecule has 1 amide bonds. The van der Waals surface area contributed by atoms with Crippen LogP contribution in [0.4, 0.5) is 0 Å². The number of rotatable bonds is 6. The van der Waals surface area contributed by atoms with E-state index in [0.29, 0.717) is 12.5 Å². The number of aliphatic hydroxyl groups is 1. The first-order valence-corrected chi connectivity index (χ1v) is 8.41. The molecule has 6 nitrogen and oxygen atoms in total. The molecule has 3 N–H and O–H groups in total. The Hall–Kier alpha value is -2.18. The molecule has 3 rings (SSSR count). The highest BCUT2D eigenvalue weighted by molar-refractivity contribution is 5.81. The Morgan fingerprint density at radius 3 is 2.58 bits per heavy atom. The van der Waals surface area contributed by atoms with Gasteiger partial charge in [0.15, 0.2) is 0 Å². The summed E-state index contributed by atoms with van der Waals surface area (Å²) in [6.07, 6.45) is 3.69. The molecular formula is C18H24N4O2. The Morgan fingerprint density at radius 2 is 1.96 bits per heavy atom. The number of primary amides is 1. The molecule has 1 saturated heterocycles. The number of nitrogens with zero attached hydrogens (tertiary/aromatic N) is 3. The molecular weight excluding hydrogens is 304 g/mol. The maximum absolute atomic E-state index is 12.0. The molecule has 24 heavy (non-hydrogen) atoms. The molecule has 0 unspecified atom stereocenters. The number of hydrogen-bond donors (Lipinski definition) is 2. The smallest absolute Gasteiger partial charge is 0.239 e. The molecule has 1 aliphatic heterocycles. The van der Waals surface area contributed by atoms with Crippen molar-refractivity contribution in [2.24, 2.45) is 5.73 Å². The zero-order valence-corrected chi connectivity index (χ0v) is 13.7. The normalized spacial score (nSPS) is 17.7. The molecule has 0 aliphatic carbocycles. The number of piperidine rings is 1. The van der Waals surface area contributed by atoms with E-state index in [1.54, 1.807) is 6.20 Å². The summed E-state index contributed by atoms with van der Waals surface area (Å²) >= 11 is 0. The Morgan fingerprint density at radius 1 is 1.25 bits per heavy atom. The highest BCUT2D eigenvalue weighted by atomic mass is 16.3. The van der Waals surface area contributed by atoms with Crippen LogP contribution in [0.5, 0.6) is 0 Å². The van der Waals surface area contributed by atoms with Crippen LogP contribution in [0.25, 0.3) is 0 Å². The van der Waals surface area contributed by atoms with E-state index in [0.717, 1.165) is 31.5 Å². The van der Waals surface area contributed by atoms with Gasteiger partial charge in [0.1, 0.15) is 6.04 Å². The van der Waals surface area contributed by atoms with Crippen molar-refractivity contribution in [1.29, 1.82) is 0 Å². The number of benzene rings is 1. The fourth-order valence-corrected chi connectivity index (χ4v) is 3.62. The Balaban J connectivity index is 1.69.